The predicted molar refractivity (Wildman–Crippen MR) is 112 cm³/mol. The van der Waals surface area contributed by atoms with E-state index in [1.165, 1.54) is 0 Å². The molecule has 2 heterocycles. The number of nitrogens with zero attached hydrogens (tertiary/aromatic N) is 6. The molecule has 0 unspecified atom stereocenters. The first-order valence-corrected chi connectivity index (χ1v) is 9.59. The molecule has 31 heavy (non-hydrogen) atoms. The van der Waals surface area contributed by atoms with E-state index in [0.717, 1.165) is 14.7 Å². The van der Waals surface area contributed by atoms with Crippen LogP contribution in [-0.4, -0.2) is 69.0 Å². The third-order valence-electron chi connectivity index (χ3n) is 4.86. The highest BCUT2D eigenvalue weighted by Gasteiger charge is 2.41. The first kappa shape index (κ1) is 20.0. The van der Waals surface area contributed by atoms with Gasteiger partial charge in [0.2, 0.25) is 0 Å². The van der Waals surface area contributed by atoms with E-state index < -0.39 is 17.8 Å². The van der Waals surface area contributed by atoms with E-state index in [2.05, 4.69) is 20.6 Å². The third-order valence-corrected chi connectivity index (χ3v) is 4.86. The van der Waals surface area contributed by atoms with Gasteiger partial charge in [0.05, 0.1) is 16.6 Å². The number of carbonyl (C=O) groups excluding carboxylic acids is 3. The largest absolute Gasteiger partial charge is 0.370 e. The Balaban J connectivity index is 1.66. The second kappa shape index (κ2) is 8.22. The van der Waals surface area contributed by atoms with Crippen LogP contribution in [0.2, 0.25) is 0 Å². The number of aromatic nitrogens is 3. The van der Waals surface area contributed by atoms with Crippen LogP contribution in [0.4, 0.5) is 4.79 Å². The van der Waals surface area contributed by atoms with Crippen molar-refractivity contribution in [3.8, 4) is 0 Å². The third kappa shape index (κ3) is 3.56. The summed E-state index contributed by atoms with van der Waals surface area (Å²) in [5, 5.41) is 12.8. The first-order valence-electron chi connectivity index (χ1n) is 9.59. The minimum Gasteiger partial charge on any atom is -0.370 e. The molecule has 0 radical (unpaired) electrons. The summed E-state index contributed by atoms with van der Waals surface area (Å²) in [6.07, 6.45) is 0.391. The highest BCUT2D eigenvalue weighted by atomic mass is 16.2. The SMILES string of the molecule is CN=C(N)NCCCN(C(=O)n1nnc2ccccc21)N1C(=O)c2ccccc2C1=O. The van der Waals surface area contributed by atoms with Crippen LogP contribution in [0.1, 0.15) is 27.1 Å². The van der Waals surface area contributed by atoms with Gasteiger partial charge in [-0.05, 0) is 30.7 Å². The average Bonchev–Trinajstić information content (AvgIpc) is 3.33. The molecule has 11 heteroatoms. The van der Waals surface area contributed by atoms with E-state index in [0.29, 0.717) is 24.0 Å². The Morgan fingerprint density at radius 2 is 1.74 bits per heavy atom. The van der Waals surface area contributed by atoms with Gasteiger partial charge in [-0.3, -0.25) is 14.6 Å². The highest BCUT2D eigenvalue weighted by molar-refractivity contribution is 6.21. The summed E-state index contributed by atoms with van der Waals surface area (Å²) >= 11 is 0. The van der Waals surface area contributed by atoms with Crippen LogP contribution < -0.4 is 11.1 Å². The second-order valence-electron chi connectivity index (χ2n) is 6.75. The van der Waals surface area contributed by atoms with Crippen LogP contribution in [0.3, 0.4) is 0 Å². The summed E-state index contributed by atoms with van der Waals surface area (Å²) in [7, 11) is 1.55. The number of nitrogens with two attached hydrogens (primary N) is 1. The molecule has 0 bridgehead atoms. The Kier molecular flexibility index (Phi) is 5.31. The number of hydrazine groups is 1. The molecule has 0 saturated heterocycles. The fourth-order valence-electron chi connectivity index (χ4n) is 3.32. The number of benzene rings is 2. The summed E-state index contributed by atoms with van der Waals surface area (Å²) in [6.45, 7) is 0.441. The van der Waals surface area contributed by atoms with E-state index in [1.807, 2.05) is 0 Å². The van der Waals surface area contributed by atoms with Crippen molar-refractivity contribution < 1.29 is 14.4 Å². The fourth-order valence-corrected chi connectivity index (χ4v) is 3.32. The molecular weight excluding hydrogens is 400 g/mol. The number of guanidine groups is 1. The zero-order valence-corrected chi connectivity index (χ0v) is 16.7. The lowest BCUT2D eigenvalue weighted by Crippen LogP contribution is -2.52. The van der Waals surface area contributed by atoms with E-state index >= 15 is 0 Å². The van der Waals surface area contributed by atoms with Crippen molar-refractivity contribution in [2.75, 3.05) is 20.1 Å². The van der Waals surface area contributed by atoms with Gasteiger partial charge in [0, 0.05) is 20.1 Å². The quantitative estimate of drug-likeness (QED) is 0.270. The van der Waals surface area contributed by atoms with Gasteiger partial charge in [-0.25, -0.2) is 9.80 Å². The monoisotopic (exact) mass is 420 g/mol. The van der Waals surface area contributed by atoms with E-state index in [9.17, 15) is 14.4 Å². The molecule has 158 valence electrons. The molecule has 2 aromatic carbocycles. The van der Waals surface area contributed by atoms with Crippen molar-refractivity contribution in [2.24, 2.45) is 10.7 Å². The second-order valence-corrected chi connectivity index (χ2v) is 6.75. The van der Waals surface area contributed by atoms with Gasteiger partial charge >= 0.3 is 6.03 Å². The molecule has 0 saturated carbocycles. The fraction of sp³-hybridized carbons (Fsp3) is 0.200. The molecule has 0 aliphatic carbocycles. The first-order chi connectivity index (χ1) is 15.0. The normalized spacial score (nSPS) is 13.6. The van der Waals surface area contributed by atoms with Crippen molar-refractivity contribution >= 4 is 34.8 Å². The minimum absolute atomic E-state index is 0.0580. The summed E-state index contributed by atoms with van der Waals surface area (Å²) in [5.41, 5.74) is 7.11. The molecule has 0 spiro atoms. The van der Waals surface area contributed by atoms with Gasteiger partial charge in [0.15, 0.2) is 5.96 Å². The molecule has 3 aromatic rings. The van der Waals surface area contributed by atoms with Gasteiger partial charge in [-0.1, -0.05) is 29.5 Å². The standard InChI is InChI=1S/C20H20N8O3/c1-22-19(21)23-11-6-12-26(20(31)27-16-10-5-4-9-15(16)24-25-27)28-17(29)13-7-2-3-8-14(13)18(28)30/h2-5,7-10H,6,11-12H2,1H3,(H3,21,22,23). The topological polar surface area (TPSA) is 139 Å². The Morgan fingerprint density at radius 1 is 1.10 bits per heavy atom. The predicted octanol–water partition coefficient (Wildman–Crippen LogP) is 0.837. The summed E-state index contributed by atoms with van der Waals surface area (Å²) in [6, 6.07) is 12.7. The van der Waals surface area contributed by atoms with Crippen LogP contribution in [0, 0.1) is 0 Å². The number of nitrogens with one attached hydrogen (secondary N) is 1. The zero-order valence-electron chi connectivity index (χ0n) is 16.7. The molecule has 0 atom stereocenters. The van der Waals surface area contributed by atoms with Crippen LogP contribution >= 0.6 is 0 Å². The van der Waals surface area contributed by atoms with E-state index in [1.54, 1.807) is 55.6 Å². The maximum atomic E-state index is 13.4. The van der Waals surface area contributed by atoms with Crippen molar-refractivity contribution in [2.45, 2.75) is 6.42 Å². The average molecular weight is 420 g/mol. The number of fused-ring (bicyclic) bond motifs is 2. The molecule has 3 N–H and O–H groups in total. The smallest absolute Gasteiger partial charge is 0.365 e. The molecule has 0 fully saturated rings. The Hall–Kier alpha value is -4.28. The van der Waals surface area contributed by atoms with Gasteiger partial charge in [-0.15, -0.1) is 5.10 Å². The summed E-state index contributed by atoms with van der Waals surface area (Å²) < 4.78 is 1.08. The van der Waals surface area contributed by atoms with Crippen LogP contribution in [0.25, 0.3) is 11.0 Å². The lowest BCUT2D eigenvalue weighted by Gasteiger charge is -2.29. The van der Waals surface area contributed by atoms with Gasteiger partial charge in [0.1, 0.15) is 5.52 Å². The molecule has 1 aromatic heterocycles. The molecule has 1 aliphatic heterocycles. The molecule has 11 nitrogen and oxygen atoms in total. The van der Waals surface area contributed by atoms with E-state index in [4.69, 9.17) is 5.73 Å². The number of hydrogen-bond acceptors (Lipinski definition) is 6. The van der Waals surface area contributed by atoms with Gasteiger partial charge in [-0.2, -0.15) is 9.69 Å². The van der Waals surface area contributed by atoms with Crippen LogP contribution in [-0.2, 0) is 0 Å². The van der Waals surface area contributed by atoms with Gasteiger partial charge < -0.3 is 11.1 Å². The van der Waals surface area contributed by atoms with Crippen LogP contribution in [0.15, 0.2) is 53.5 Å². The summed E-state index contributed by atoms with van der Waals surface area (Å²) in [4.78, 5) is 43.2. The zero-order chi connectivity index (χ0) is 22.0. The number of carbonyl (C=O) groups is 3. The van der Waals surface area contributed by atoms with Crippen LogP contribution in [0.5, 0.6) is 0 Å². The molecule has 1 aliphatic rings. The molecule has 3 amide bonds. The Bertz CT molecular complexity index is 1170. The number of hydrogen-bond donors (Lipinski definition) is 2. The van der Waals surface area contributed by atoms with Crippen molar-refractivity contribution in [1.29, 1.82) is 0 Å². The number of para-hydroxylation sites is 1. The van der Waals surface area contributed by atoms with Crippen molar-refractivity contribution in [3.05, 3.63) is 59.7 Å². The lowest BCUT2D eigenvalue weighted by atomic mass is 10.1. The maximum Gasteiger partial charge on any atom is 0.365 e. The van der Waals surface area contributed by atoms with E-state index in [-0.39, 0.29) is 23.6 Å². The van der Waals surface area contributed by atoms with Gasteiger partial charge in [0.25, 0.3) is 11.8 Å². The Morgan fingerprint density at radius 3 is 2.42 bits per heavy atom. The lowest BCUT2D eigenvalue weighted by molar-refractivity contribution is 0.0176. The summed E-state index contributed by atoms with van der Waals surface area (Å²) in [5.74, 6) is -0.886. The van der Waals surface area contributed by atoms with Crippen molar-refractivity contribution in [1.82, 2.24) is 30.3 Å². The highest BCUT2D eigenvalue weighted by Crippen LogP contribution is 2.25. The number of imide groups is 1. The molecule has 4 rings (SSSR count). The number of rotatable bonds is 5. The molecular formula is C20H20N8O3. The number of aliphatic imine (C=N–C) groups is 1. The Labute approximate surface area is 177 Å². The number of amides is 3. The maximum absolute atomic E-state index is 13.4. The minimum atomic E-state index is -0.666. The van der Waals surface area contributed by atoms with Crippen molar-refractivity contribution in [3.63, 3.8) is 0 Å².